The van der Waals surface area contributed by atoms with Crippen LogP contribution in [0.5, 0.6) is 0 Å². The van der Waals surface area contributed by atoms with E-state index in [1.54, 1.807) is 6.07 Å². The highest BCUT2D eigenvalue weighted by molar-refractivity contribution is 9.10. The number of hydrogen-bond acceptors (Lipinski definition) is 3. The van der Waals surface area contributed by atoms with Crippen LogP contribution >= 0.6 is 15.9 Å². The van der Waals surface area contributed by atoms with Crippen LogP contribution in [-0.4, -0.2) is 41.8 Å². The van der Waals surface area contributed by atoms with Gasteiger partial charge in [0.25, 0.3) is 0 Å². The number of carboxylic acids is 1. The van der Waals surface area contributed by atoms with Gasteiger partial charge in [-0.2, -0.15) is 0 Å². The summed E-state index contributed by atoms with van der Waals surface area (Å²) < 4.78 is 19.2. The highest BCUT2D eigenvalue weighted by atomic mass is 79.9. The summed E-state index contributed by atoms with van der Waals surface area (Å²) in [5.74, 6) is -1.15. The average Bonchev–Trinajstić information content (AvgIpc) is 2.36. The normalized spacial score (nSPS) is 20.4. The fourth-order valence-electron chi connectivity index (χ4n) is 2.16. The maximum atomic E-state index is 13.5. The first-order valence-electron chi connectivity index (χ1n) is 6.04. The molecule has 0 spiro atoms. The number of benzene rings is 1. The van der Waals surface area contributed by atoms with E-state index in [0.29, 0.717) is 30.8 Å². The van der Waals surface area contributed by atoms with Crippen molar-refractivity contribution in [2.75, 3.05) is 19.8 Å². The van der Waals surface area contributed by atoms with Crippen LogP contribution < -0.4 is 0 Å². The minimum absolute atomic E-state index is 0.0407. The molecule has 4 nitrogen and oxygen atoms in total. The molecule has 1 heterocycles. The van der Waals surface area contributed by atoms with Gasteiger partial charge in [-0.3, -0.25) is 9.69 Å². The first-order chi connectivity index (χ1) is 9.06. The number of carboxylic acid groups (broad SMARTS) is 1. The van der Waals surface area contributed by atoms with Crippen LogP contribution in [0.4, 0.5) is 4.39 Å². The van der Waals surface area contributed by atoms with E-state index < -0.39 is 5.97 Å². The monoisotopic (exact) mass is 331 g/mol. The molecule has 0 radical (unpaired) electrons. The molecule has 1 saturated heterocycles. The Labute approximate surface area is 119 Å². The number of ether oxygens (including phenoxy) is 1. The minimum Gasteiger partial charge on any atom is -0.481 e. The standard InChI is InChI=1S/C13H15BrFNO3/c14-11-2-1-9(5-12(11)15)7-16-3-4-19-8-10(16)6-13(17)18/h1-2,5,10H,3-4,6-8H2,(H,17,18). The lowest BCUT2D eigenvalue weighted by Crippen LogP contribution is -2.45. The molecule has 1 fully saturated rings. The summed E-state index contributed by atoms with van der Waals surface area (Å²) in [6.45, 7) is 2.18. The molecular formula is C13H15BrFNO3. The minimum atomic E-state index is -0.845. The quantitative estimate of drug-likeness (QED) is 0.919. The van der Waals surface area contributed by atoms with Crippen molar-refractivity contribution >= 4 is 21.9 Å². The van der Waals surface area contributed by atoms with Gasteiger partial charge < -0.3 is 9.84 Å². The maximum absolute atomic E-state index is 13.5. The molecule has 1 atom stereocenters. The molecule has 19 heavy (non-hydrogen) atoms. The van der Waals surface area contributed by atoms with Crippen molar-refractivity contribution in [3.05, 3.63) is 34.1 Å². The summed E-state index contributed by atoms with van der Waals surface area (Å²) in [6.07, 6.45) is 0.0407. The zero-order valence-corrected chi connectivity index (χ0v) is 11.9. The number of aliphatic carboxylic acids is 1. The topological polar surface area (TPSA) is 49.8 Å². The second-order valence-corrected chi connectivity index (χ2v) is 5.40. The fourth-order valence-corrected chi connectivity index (χ4v) is 2.41. The molecule has 1 aliphatic heterocycles. The fraction of sp³-hybridized carbons (Fsp3) is 0.462. The zero-order valence-electron chi connectivity index (χ0n) is 10.3. The van der Waals surface area contributed by atoms with Gasteiger partial charge in [0.15, 0.2) is 0 Å². The van der Waals surface area contributed by atoms with E-state index in [1.165, 1.54) is 6.07 Å². The lowest BCUT2D eigenvalue weighted by Gasteiger charge is -2.34. The van der Waals surface area contributed by atoms with Crippen LogP contribution in [0.15, 0.2) is 22.7 Å². The van der Waals surface area contributed by atoms with Gasteiger partial charge in [0.05, 0.1) is 24.1 Å². The molecular weight excluding hydrogens is 317 g/mol. The van der Waals surface area contributed by atoms with Gasteiger partial charge in [0.1, 0.15) is 5.82 Å². The van der Waals surface area contributed by atoms with Gasteiger partial charge in [-0.05, 0) is 33.6 Å². The summed E-state index contributed by atoms with van der Waals surface area (Å²) in [4.78, 5) is 12.8. The first-order valence-corrected chi connectivity index (χ1v) is 6.83. The van der Waals surface area contributed by atoms with Gasteiger partial charge in [-0.1, -0.05) is 6.07 Å². The second-order valence-electron chi connectivity index (χ2n) is 4.55. The Morgan fingerprint density at radius 2 is 2.37 bits per heavy atom. The lowest BCUT2D eigenvalue weighted by atomic mass is 10.1. The van der Waals surface area contributed by atoms with E-state index in [-0.39, 0.29) is 18.3 Å². The molecule has 0 aliphatic carbocycles. The maximum Gasteiger partial charge on any atom is 0.305 e. The van der Waals surface area contributed by atoms with E-state index in [2.05, 4.69) is 15.9 Å². The number of hydrogen-bond donors (Lipinski definition) is 1. The number of rotatable bonds is 4. The molecule has 2 rings (SSSR count). The summed E-state index contributed by atoms with van der Waals surface area (Å²) >= 11 is 3.11. The summed E-state index contributed by atoms with van der Waals surface area (Å²) in [7, 11) is 0. The van der Waals surface area contributed by atoms with Gasteiger partial charge in [-0.15, -0.1) is 0 Å². The lowest BCUT2D eigenvalue weighted by molar-refractivity contribution is -0.140. The Morgan fingerprint density at radius 1 is 1.58 bits per heavy atom. The SMILES string of the molecule is O=C(O)CC1COCCN1Cc1ccc(Br)c(F)c1. The number of nitrogens with zero attached hydrogens (tertiary/aromatic N) is 1. The average molecular weight is 332 g/mol. The van der Waals surface area contributed by atoms with Crippen LogP contribution in [-0.2, 0) is 16.1 Å². The second kappa shape index (κ2) is 6.45. The molecule has 6 heteroatoms. The molecule has 0 amide bonds. The highest BCUT2D eigenvalue weighted by Gasteiger charge is 2.25. The Hall–Kier alpha value is -0.980. The molecule has 1 aliphatic rings. The Balaban J connectivity index is 2.06. The Kier molecular flexibility index (Phi) is 4.90. The van der Waals surface area contributed by atoms with Crippen LogP contribution in [0.3, 0.4) is 0 Å². The largest absolute Gasteiger partial charge is 0.481 e. The zero-order chi connectivity index (χ0) is 13.8. The van der Waals surface area contributed by atoms with Crippen LogP contribution in [0.1, 0.15) is 12.0 Å². The molecule has 0 bridgehead atoms. The predicted molar refractivity (Wildman–Crippen MR) is 71.4 cm³/mol. The van der Waals surface area contributed by atoms with Crippen LogP contribution in [0.2, 0.25) is 0 Å². The smallest absolute Gasteiger partial charge is 0.305 e. The molecule has 1 unspecified atom stereocenters. The van der Waals surface area contributed by atoms with Crippen LogP contribution in [0, 0.1) is 5.82 Å². The number of carbonyl (C=O) groups is 1. The third kappa shape index (κ3) is 3.99. The number of morpholine rings is 1. The van der Waals surface area contributed by atoms with E-state index in [0.717, 1.165) is 5.56 Å². The molecule has 1 N–H and O–H groups in total. The van der Waals surface area contributed by atoms with E-state index >= 15 is 0 Å². The van der Waals surface area contributed by atoms with E-state index in [9.17, 15) is 9.18 Å². The van der Waals surface area contributed by atoms with Gasteiger partial charge in [-0.25, -0.2) is 4.39 Å². The molecule has 1 aromatic carbocycles. The third-order valence-corrected chi connectivity index (χ3v) is 3.77. The molecule has 1 aromatic rings. The van der Waals surface area contributed by atoms with E-state index in [1.807, 2.05) is 11.0 Å². The summed E-state index contributed by atoms with van der Waals surface area (Å²) in [5, 5.41) is 8.88. The van der Waals surface area contributed by atoms with Crippen molar-refractivity contribution in [2.45, 2.75) is 19.0 Å². The first kappa shape index (κ1) is 14.4. The molecule has 0 saturated carbocycles. The third-order valence-electron chi connectivity index (χ3n) is 3.13. The van der Waals surface area contributed by atoms with Crippen molar-refractivity contribution in [3.8, 4) is 0 Å². The Morgan fingerprint density at radius 3 is 3.05 bits per heavy atom. The summed E-state index contributed by atoms with van der Waals surface area (Å²) in [6, 6.07) is 4.81. The van der Waals surface area contributed by atoms with Crippen molar-refractivity contribution in [1.82, 2.24) is 4.90 Å². The Bertz CT molecular complexity index is 469. The van der Waals surface area contributed by atoms with Gasteiger partial charge >= 0.3 is 5.97 Å². The van der Waals surface area contributed by atoms with Gasteiger partial charge in [0, 0.05) is 19.1 Å². The van der Waals surface area contributed by atoms with Crippen LogP contribution in [0.25, 0.3) is 0 Å². The molecule has 104 valence electrons. The highest BCUT2D eigenvalue weighted by Crippen LogP contribution is 2.19. The summed E-state index contributed by atoms with van der Waals surface area (Å²) in [5.41, 5.74) is 0.831. The van der Waals surface area contributed by atoms with E-state index in [4.69, 9.17) is 9.84 Å². The van der Waals surface area contributed by atoms with Crippen molar-refractivity contribution in [2.24, 2.45) is 0 Å². The number of halogens is 2. The van der Waals surface area contributed by atoms with Gasteiger partial charge in [0.2, 0.25) is 0 Å². The molecule has 0 aromatic heterocycles. The van der Waals surface area contributed by atoms with Crippen molar-refractivity contribution in [3.63, 3.8) is 0 Å². The van der Waals surface area contributed by atoms with Crippen molar-refractivity contribution < 1.29 is 19.0 Å². The van der Waals surface area contributed by atoms with Crippen molar-refractivity contribution in [1.29, 1.82) is 0 Å². The predicted octanol–water partition coefficient (Wildman–Crippen LogP) is 2.26.